The molecule has 0 aliphatic carbocycles. The van der Waals surface area contributed by atoms with E-state index in [1.165, 1.54) is 4.88 Å². The first-order valence-corrected chi connectivity index (χ1v) is 7.77. The van der Waals surface area contributed by atoms with E-state index in [9.17, 15) is 4.79 Å². The first kappa shape index (κ1) is 13.6. The lowest BCUT2D eigenvalue weighted by atomic mass is 10.0. The van der Waals surface area contributed by atoms with E-state index in [-0.39, 0.29) is 18.6 Å². The smallest absolute Gasteiger partial charge is 0.262 e. The minimum atomic E-state index is -0.116. The van der Waals surface area contributed by atoms with E-state index in [0.29, 0.717) is 0 Å². The van der Waals surface area contributed by atoms with Crippen molar-refractivity contribution in [2.45, 2.75) is 6.04 Å². The zero-order chi connectivity index (χ0) is 14.1. The summed E-state index contributed by atoms with van der Waals surface area (Å²) in [6, 6.07) is 10.1. The third kappa shape index (κ3) is 2.59. The zero-order valence-corrected chi connectivity index (χ0v) is 13.2. The molecule has 0 spiro atoms. The Morgan fingerprint density at radius 2 is 2.25 bits per heavy atom. The molecule has 2 aromatic rings. The maximum atomic E-state index is 11.4. The van der Waals surface area contributed by atoms with Crippen LogP contribution in [0.5, 0.6) is 5.75 Å². The molecule has 1 aliphatic rings. The largest absolute Gasteiger partial charge is 0.482 e. The van der Waals surface area contributed by atoms with Gasteiger partial charge >= 0.3 is 0 Å². The maximum absolute atomic E-state index is 11.4. The van der Waals surface area contributed by atoms with Gasteiger partial charge in [0.25, 0.3) is 5.91 Å². The normalized spacial score (nSPS) is 15.2. The van der Waals surface area contributed by atoms with Crippen molar-refractivity contribution >= 4 is 38.9 Å². The monoisotopic (exact) mass is 352 g/mol. The van der Waals surface area contributed by atoms with E-state index >= 15 is 0 Å². The lowest BCUT2D eigenvalue weighted by Gasteiger charge is -2.21. The van der Waals surface area contributed by atoms with Gasteiger partial charge in [0.15, 0.2) is 6.61 Å². The number of carbonyl (C=O) groups excluding carboxylic acids is 1. The number of rotatable bonds is 3. The molecule has 2 heterocycles. The minimum Gasteiger partial charge on any atom is -0.482 e. The van der Waals surface area contributed by atoms with Gasteiger partial charge < -0.3 is 15.4 Å². The zero-order valence-electron chi connectivity index (χ0n) is 10.8. The average Bonchev–Trinajstić information content (AvgIpc) is 2.85. The van der Waals surface area contributed by atoms with Gasteiger partial charge in [0.1, 0.15) is 5.75 Å². The van der Waals surface area contributed by atoms with Gasteiger partial charge in [-0.1, -0.05) is 6.07 Å². The molecule has 4 nitrogen and oxygen atoms in total. The van der Waals surface area contributed by atoms with E-state index in [1.54, 1.807) is 11.3 Å². The van der Waals surface area contributed by atoms with Crippen molar-refractivity contribution in [1.82, 2.24) is 5.32 Å². The molecular formula is C14H13BrN2O2S. The Morgan fingerprint density at radius 3 is 2.95 bits per heavy atom. The minimum absolute atomic E-state index is 0.0830. The quantitative estimate of drug-likeness (QED) is 0.891. The van der Waals surface area contributed by atoms with E-state index < -0.39 is 0 Å². The number of benzene rings is 1. The molecule has 1 atom stereocenters. The number of fused-ring (bicyclic) bond motifs is 1. The fourth-order valence-corrected chi connectivity index (χ4v) is 3.80. The SMILES string of the molecule is CNC(c1ccc2c(c1)NC(=O)CO2)c1ccc(Br)s1. The Bertz CT molecular complexity index is 656. The highest BCUT2D eigenvalue weighted by Gasteiger charge is 2.20. The van der Waals surface area contributed by atoms with E-state index in [2.05, 4.69) is 32.6 Å². The van der Waals surface area contributed by atoms with Crippen molar-refractivity contribution in [2.24, 2.45) is 0 Å². The maximum Gasteiger partial charge on any atom is 0.262 e. The Hall–Kier alpha value is -1.37. The van der Waals surface area contributed by atoms with Crippen molar-refractivity contribution in [3.63, 3.8) is 0 Å². The Kier molecular flexibility index (Phi) is 3.78. The summed E-state index contributed by atoms with van der Waals surface area (Å²) in [5, 5.41) is 6.14. The Morgan fingerprint density at radius 1 is 1.40 bits per heavy atom. The Labute approximate surface area is 129 Å². The molecular weight excluding hydrogens is 340 g/mol. The molecule has 0 saturated heterocycles. The summed E-state index contributed by atoms with van der Waals surface area (Å²) < 4.78 is 6.48. The molecule has 104 valence electrons. The molecule has 20 heavy (non-hydrogen) atoms. The fourth-order valence-electron chi connectivity index (χ4n) is 2.24. The first-order chi connectivity index (χ1) is 9.67. The lowest BCUT2D eigenvalue weighted by Crippen LogP contribution is -2.26. The fraction of sp³-hybridized carbons (Fsp3) is 0.214. The van der Waals surface area contributed by atoms with Crippen molar-refractivity contribution in [3.05, 3.63) is 44.6 Å². The highest BCUT2D eigenvalue weighted by molar-refractivity contribution is 9.11. The molecule has 1 unspecified atom stereocenters. The number of halogens is 1. The van der Waals surface area contributed by atoms with Crippen LogP contribution in [-0.2, 0) is 4.79 Å². The van der Waals surface area contributed by atoms with Gasteiger partial charge in [0, 0.05) is 4.88 Å². The summed E-state index contributed by atoms with van der Waals surface area (Å²) in [6.07, 6.45) is 0. The van der Waals surface area contributed by atoms with Gasteiger partial charge in [-0.25, -0.2) is 0 Å². The Balaban J connectivity index is 1.96. The summed E-state index contributed by atoms with van der Waals surface area (Å²) in [6.45, 7) is 0.0830. The van der Waals surface area contributed by atoms with Gasteiger partial charge in [0.2, 0.25) is 0 Å². The van der Waals surface area contributed by atoms with Crippen molar-refractivity contribution < 1.29 is 9.53 Å². The number of nitrogens with one attached hydrogen (secondary N) is 2. The molecule has 1 aromatic carbocycles. The number of hydrogen-bond acceptors (Lipinski definition) is 4. The van der Waals surface area contributed by atoms with Gasteiger partial charge in [-0.3, -0.25) is 4.79 Å². The second-order valence-electron chi connectivity index (χ2n) is 4.46. The summed E-state index contributed by atoms with van der Waals surface area (Å²) in [5.41, 5.74) is 1.82. The molecule has 6 heteroatoms. The molecule has 1 aromatic heterocycles. The summed E-state index contributed by atoms with van der Waals surface area (Å²) in [4.78, 5) is 12.6. The summed E-state index contributed by atoms with van der Waals surface area (Å²) in [5.74, 6) is 0.602. The van der Waals surface area contributed by atoms with Gasteiger partial charge in [0.05, 0.1) is 15.5 Å². The molecule has 0 fully saturated rings. The predicted octanol–water partition coefficient (Wildman–Crippen LogP) is 3.15. The van der Waals surface area contributed by atoms with Crippen LogP contribution in [0.2, 0.25) is 0 Å². The van der Waals surface area contributed by atoms with E-state index in [1.807, 2.05) is 31.3 Å². The number of carbonyl (C=O) groups is 1. The summed E-state index contributed by atoms with van der Waals surface area (Å²) >= 11 is 5.17. The van der Waals surface area contributed by atoms with Crippen LogP contribution in [0, 0.1) is 0 Å². The number of thiophene rings is 1. The van der Waals surface area contributed by atoms with Crippen LogP contribution < -0.4 is 15.4 Å². The van der Waals surface area contributed by atoms with Crippen LogP contribution in [0.15, 0.2) is 34.1 Å². The molecule has 0 bridgehead atoms. The van der Waals surface area contributed by atoms with Crippen LogP contribution in [0.4, 0.5) is 5.69 Å². The number of hydrogen-bond donors (Lipinski definition) is 2. The highest BCUT2D eigenvalue weighted by Crippen LogP contribution is 2.35. The third-order valence-electron chi connectivity index (χ3n) is 3.14. The second-order valence-corrected chi connectivity index (χ2v) is 6.95. The predicted molar refractivity (Wildman–Crippen MR) is 83.5 cm³/mol. The van der Waals surface area contributed by atoms with Gasteiger partial charge in [-0.15, -0.1) is 11.3 Å². The highest BCUT2D eigenvalue weighted by atomic mass is 79.9. The van der Waals surface area contributed by atoms with E-state index in [4.69, 9.17) is 4.74 Å². The molecule has 0 saturated carbocycles. The second kappa shape index (κ2) is 5.55. The van der Waals surface area contributed by atoms with Gasteiger partial charge in [-0.05, 0) is 52.8 Å². The van der Waals surface area contributed by atoms with Crippen LogP contribution in [0.25, 0.3) is 0 Å². The van der Waals surface area contributed by atoms with Crippen LogP contribution in [-0.4, -0.2) is 19.6 Å². The lowest BCUT2D eigenvalue weighted by molar-refractivity contribution is -0.118. The average molecular weight is 353 g/mol. The first-order valence-electron chi connectivity index (χ1n) is 6.16. The van der Waals surface area contributed by atoms with Gasteiger partial charge in [-0.2, -0.15) is 0 Å². The topological polar surface area (TPSA) is 50.4 Å². The van der Waals surface area contributed by atoms with Crippen LogP contribution in [0.1, 0.15) is 16.5 Å². The van der Waals surface area contributed by atoms with Crippen LogP contribution >= 0.6 is 27.3 Å². The van der Waals surface area contributed by atoms with Crippen molar-refractivity contribution in [1.29, 1.82) is 0 Å². The third-order valence-corrected chi connectivity index (χ3v) is 4.83. The van der Waals surface area contributed by atoms with Crippen molar-refractivity contribution in [3.8, 4) is 5.75 Å². The van der Waals surface area contributed by atoms with E-state index in [0.717, 1.165) is 20.8 Å². The number of ether oxygens (including phenoxy) is 1. The molecule has 3 rings (SSSR count). The molecule has 0 radical (unpaired) electrons. The molecule has 1 aliphatic heterocycles. The van der Waals surface area contributed by atoms with Crippen LogP contribution in [0.3, 0.4) is 0 Å². The molecule has 1 amide bonds. The number of amides is 1. The number of anilines is 1. The molecule has 2 N–H and O–H groups in total. The standard InChI is InChI=1S/C14H13BrN2O2S/c1-16-14(11-4-5-12(15)20-11)8-2-3-10-9(6-8)17-13(18)7-19-10/h2-6,14,16H,7H2,1H3,(H,17,18). The van der Waals surface area contributed by atoms with Crippen molar-refractivity contribution in [2.75, 3.05) is 19.0 Å². The summed E-state index contributed by atoms with van der Waals surface area (Å²) in [7, 11) is 1.92.